The van der Waals surface area contributed by atoms with Gasteiger partial charge in [-0.1, -0.05) is 30.3 Å². The van der Waals surface area contributed by atoms with Crippen molar-refractivity contribution >= 4 is 5.91 Å². The standard InChI is InChI=1S/C21H28N2O2/c1-15(2)25-21-12-11-20(14-22-21)13-19-9-7-18(8-10-19)6-5-16(3)23-17(4)24/h7-12,14-16H,5-6,13H2,1-4H3,(H,23,24). The van der Waals surface area contributed by atoms with Crippen LogP contribution in [0.15, 0.2) is 42.6 Å². The lowest BCUT2D eigenvalue weighted by Gasteiger charge is -2.12. The highest BCUT2D eigenvalue weighted by atomic mass is 16.5. The van der Waals surface area contributed by atoms with Crippen LogP contribution in [0.4, 0.5) is 0 Å². The van der Waals surface area contributed by atoms with Crippen molar-refractivity contribution in [2.45, 2.75) is 59.1 Å². The largest absolute Gasteiger partial charge is 0.475 e. The molecule has 1 aromatic heterocycles. The Labute approximate surface area is 150 Å². The molecule has 0 fully saturated rings. The number of carbonyl (C=O) groups is 1. The number of benzene rings is 1. The molecule has 4 nitrogen and oxygen atoms in total. The van der Waals surface area contributed by atoms with Gasteiger partial charge in [0, 0.05) is 25.2 Å². The van der Waals surface area contributed by atoms with Gasteiger partial charge >= 0.3 is 0 Å². The third-order valence-corrected chi connectivity index (χ3v) is 3.90. The minimum Gasteiger partial charge on any atom is -0.475 e. The number of pyridine rings is 1. The topological polar surface area (TPSA) is 51.2 Å². The molecule has 0 spiro atoms. The second-order valence-corrected chi connectivity index (χ2v) is 6.80. The number of rotatable bonds is 8. The molecule has 0 saturated carbocycles. The van der Waals surface area contributed by atoms with Crippen LogP contribution in [-0.4, -0.2) is 23.0 Å². The van der Waals surface area contributed by atoms with Gasteiger partial charge in [-0.3, -0.25) is 4.79 Å². The molecule has 1 N–H and O–H groups in total. The minimum absolute atomic E-state index is 0.0290. The van der Waals surface area contributed by atoms with Crippen molar-refractivity contribution in [3.63, 3.8) is 0 Å². The number of hydrogen-bond donors (Lipinski definition) is 1. The van der Waals surface area contributed by atoms with E-state index in [4.69, 9.17) is 4.74 Å². The Morgan fingerprint density at radius 3 is 2.24 bits per heavy atom. The van der Waals surface area contributed by atoms with Crippen molar-refractivity contribution in [2.24, 2.45) is 0 Å². The molecule has 0 radical (unpaired) electrons. The molecule has 0 aliphatic heterocycles. The quantitative estimate of drug-likeness (QED) is 0.792. The van der Waals surface area contributed by atoms with Gasteiger partial charge in [-0.25, -0.2) is 4.98 Å². The van der Waals surface area contributed by atoms with Crippen molar-refractivity contribution in [2.75, 3.05) is 0 Å². The van der Waals surface area contributed by atoms with E-state index in [1.807, 2.05) is 33.0 Å². The van der Waals surface area contributed by atoms with Gasteiger partial charge in [-0.05, 0) is 56.7 Å². The molecule has 1 atom stereocenters. The van der Waals surface area contributed by atoms with Crippen LogP contribution in [-0.2, 0) is 17.6 Å². The maximum Gasteiger partial charge on any atom is 0.217 e. The highest BCUT2D eigenvalue weighted by Crippen LogP contribution is 2.15. The van der Waals surface area contributed by atoms with Crippen LogP contribution in [0.5, 0.6) is 5.88 Å². The van der Waals surface area contributed by atoms with E-state index in [0.717, 1.165) is 19.3 Å². The minimum atomic E-state index is 0.0290. The van der Waals surface area contributed by atoms with Crippen molar-refractivity contribution in [1.82, 2.24) is 10.3 Å². The summed E-state index contributed by atoms with van der Waals surface area (Å²) in [6, 6.07) is 12.9. The molecule has 0 aliphatic carbocycles. The van der Waals surface area contributed by atoms with Gasteiger partial charge in [0.1, 0.15) is 0 Å². The van der Waals surface area contributed by atoms with Crippen LogP contribution in [0.1, 0.15) is 50.8 Å². The van der Waals surface area contributed by atoms with Gasteiger partial charge in [-0.2, -0.15) is 0 Å². The maximum absolute atomic E-state index is 11.0. The van der Waals surface area contributed by atoms with Gasteiger partial charge in [0.2, 0.25) is 11.8 Å². The Hall–Kier alpha value is -2.36. The average molecular weight is 340 g/mol. The predicted octanol–water partition coefficient (Wildman–Crippen LogP) is 3.92. The average Bonchev–Trinajstić information content (AvgIpc) is 2.55. The monoisotopic (exact) mass is 340 g/mol. The van der Waals surface area contributed by atoms with Gasteiger partial charge in [0.15, 0.2) is 0 Å². The van der Waals surface area contributed by atoms with E-state index in [0.29, 0.717) is 5.88 Å². The molecule has 1 aromatic carbocycles. The Balaban J connectivity index is 1.86. The van der Waals surface area contributed by atoms with E-state index in [1.165, 1.54) is 16.7 Å². The molecule has 2 rings (SSSR count). The SMILES string of the molecule is CC(=O)NC(C)CCc1ccc(Cc2ccc(OC(C)C)nc2)cc1. The summed E-state index contributed by atoms with van der Waals surface area (Å²) >= 11 is 0. The first kappa shape index (κ1) is 19.0. The first-order chi connectivity index (χ1) is 11.9. The highest BCUT2D eigenvalue weighted by Gasteiger charge is 2.05. The fraction of sp³-hybridized carbons (Fsp3) is 0.429. The second kappa shape index (κ2) is 9.21. The van der Waals surface area contributed by atoms with Crippen LogP contribution < -0.4 is 10.1 Å². The molecule has 1 unspecified atom stereocenters. The van der Waals surface area contributed by atoms with Crippen LogP contribution in [0, 0.1) is 0 Å². The smallest absolute Gasteiger partial charge is 0.217 e. The van der Waals surface area contributed by atoms with Crippen molar-refractivity contribution in [3.05, 3.63) is 59.3 Å². The van der Waals surface area contributed by atoms with Crippen LogP contribution in [0.2, 0.25) is 0 Å². The first-order valence-corrected chi connectivity index (χ1v) is 8.89. The Bertz CT molecular complexity index is 663. The van der Waals surface area contributed by atoms with Crippen LogP contribution in [0.25, 0.3) is 0 Å². The van der Waals surface area contributed by atoms with Crippen molar-refractivity contribution in [3.8, 4) is 5.88 Å². The maximum atomic E-state index is 11.0. The molecule has 2 aromatic rings. The number of hydrogen-bond acceptors (Lipinski definition) is 3. The third-order valence-electron chi connectivity index (χ3n) is 3.90. The summed E-state index contributed by atoms with van der Waals surface area (Å²) in [5, 5.41) is 2.92. The number of amides is 1. The molecule has 4 heteroatoms. The van der Waals surface area contributed by atoms with E-state index < -0.39 is 0 Å². The zero-order valence-electron chi connectivity index (χ0n) is 15.6. The number of carbonyl (C=O) groups excluding carboxylic acids is 1. The molecule has 0 saturated heterocycles. The van der Waals surface area contributed by atoms with Gasteiger partial charge in [0.25, 0.3) is 0 Å². The van der Waals surface area contributed by atoms with E-state index in [9.17, 15) is 4.79 Å². The Morgan fingerprint density at radius 2 is 1.68 bits per heavy atom. The third kappa shape index (κ3) is 6.96. The van der Waals surface area contributed by atoms with Gasteiger partial charge in [-0.15, -0.1) is 0 Å². The van der Waals surface area contributed by atoms with Crippen molar-refractivity contribution < 1.29 is 9.53 Å². The van der Waals surface area contributed by atoms with E-state index in [1.54, 1.807) is 6.92 Å². The summed E-state index contributed by atoms with van der Waals surface area (Å²) in [4.78, 5) is 15.4. The van der Waals surface area contributed by atoms with Crippen molar-refractivity contribution in [1.29, 1.82) is 0 Å². The summed E-state index contributed by atoms with van der Waals surface area (Å²) in [5.41, 5.74) is 3.72. The molecular weight excluding hydrogens is 312 g/mol. The lowest BCUT2D eigenvalue weighted by molar-refractivity contribution is -0.119. The van der Waals surface area contributed by atoms with Gasteiger partial charge < -0.3 is 10.1 Å². The molecule has 134 valence electrons. The zero-order valence-corrected chi connectivity index (χ0v) is 15.6. The van der Waals surface area contributed by atoms with E-state index in [-0.39, 0.29) is 18.1 Å². The zero-order chi connectivity index (χ0) is 18.2. The normalized spacial score (nSPS) is 12.0. The first-order valence-electron chi connectivity index (χ1n) is 8.89. The summed E-state index contributed by atoms with van der Waals surface area (Å²) in [7, 11) is 0. The predicted molar refractivity (Wildman–Crippen MR) is 101 cm³/mol. The number of nitrogens with one attached hydrogen (secondary N) is 1. The Morgan fingerprint density at radius 1 is 1.04 bits per heavy atom. The number of ether oxygens (including phenoxy) is 1. The molecule has 0 aliphatic rings. The molecular formula is C21H28N2O2. The van der Waals surface area contributed by atoms with Crippen LogP contribution >= 0.6 is 0 Å². The van der Waals surface area contributed by atoms with Gasteiger partial charge in [0.05, 0.1) is 6.10 Å². The number of aromatic nitrogens is 1. The van der Waals surface area contributed by atoms with E-state index >= 15 is 0 Å². The number of nitrogens with zero attached hydrogens (tertiary/aromatic N) is 1. The number of aryl methyl sites for hydroxylation is 1. The molecule has 25 heavy (non-hydrogen) atoms. The van der Waals surface area contributed by atoms with Crippen LogP contribution in [0.3, 0.4) is 0 Å². The molecule has 0 bridgehead atoms. The fourth-order valence-electron chi connectivity index (χ4n) is 2.69. The fourth-order valence-corrected chi connectivity index (χ4v) is 2.69. The van der Waals surface area contributed by atoms with E-state index in [2.05, 4.69) is 40.6 Å². The molecule has 1 amide bonds. The Kier molecular flexibility index (Phi) is 6.99. The summed E-state index contributed by atoms with van der Waals surface area (Å²) < 4.78 is 5.57. The highest BCUT2D eigenvalue weighted by molar-refractivity contribution is 5.73. The molecule has 1 heterocycles. The lowest BCUT2D eigenvalue weighted by atomic mass is 10.0. The lowest BCUT2D eigenvalue weighted by Crippen LogP contribution is -2.30. The summed E-state index contributed by atoms with van der Waals surface area (Å²) in [6.07, 6.45) is 4.78. The second-order valence-electron chi connectivity index (χ2n) is 6.80. The summed E-state index contributed by atoms with van der Waals surface area (Å²) in [6.45, 7) is 7.58. The summed E-state index contributed by atoms with van der Waals surface area (Å²) in [5.74, 6) is 0.698.